The Labute approximate surface area is 110 Å². The molecule has 100 valence electrons. The summed E-state index contributed by atoms with van der Waals surface area (Å²) in [6.45, 7) is 3.76. The van der Waals surface area contributed by atoms with Crippen molar-refractivity contribution in [2.24, 2.45) is 0 Å². The third-order valence-electron chi connectivity index (χ3n) is 2.96. The average molecular weight is 261 g/mol. The lowest BCUT2D eigenvalue weighted by Gasteiger charge is -2.16. The van der Waals surface area contributed by atoms with E-state index in [1.807, 2.05) is 19.1 Å². The van der Waals surface area contributed by atoms with E-state index in [1.54, 1.807) is 12.1 Å². The van der Waals surface area contributed by atoms with E-state index in [2.05, 4.69) is 0 Å². The molecule has 2 aromatic rings. The maximum absolute atomic E-state index is 12.0. The first-order valence-electron chi connectivity index (χ1n) is 6.06. The van der Waals surface area contributed by atoms with Gasteiger partial charge in [-0.25, -0.2) is 4.79 Å². The predicted octanol–water partition coefficient (Wildman–Crippen LogP) is 2.05. The Morgan fingerprint density at radius 2 is 2.11 bits per heavy atom. The van der Waals surface area contributed by atoms with Crippen LogP contribution in [0.25, 0.3) is 10.9 Å². The molecule has 0 aliphatic heterocycles. The topological polar surface area (TPSA) is 68.5 Å². The Bertz CT molecular complexity index is 675. The molecule has 19 heavy (non-hydrogen) atoms. The van der Waals surface area contributed by atoms with Gasteiger partial charge in [0.15, 0.2) is 0 Å². The average Bonchev–Trinajstić information content (AvgIpc) is 2.39. The number of carbonyl (C=O) groups is 1. The number of fused-ring (bicyclic) bond motifs is 1. The van der Waals surface area contributed by atoms with Gasteiger partial charge in [0.25, 0.3) is 5.56 Å². The van der Waals surface area contributed by atoms with Crippen molar-refractivity contribution < 1.29 is 14.6 Å². The van der Waals surface area contributed by atoms with Crippen molar-refractivity contribution >= 4 is 16.9 Å². The Hall–Kier alpha value is -2.30. The summed E-state index contributed by atoms with van der Waals surface area (Å²) in [5.74, 6) is -0.535. The Kier molecular flexibility index (Phi) is 3.55. The quantitative estimate of drug-likeness (QED) is 0.914. The Morgan fingerprint density at radius 1 is 1.37 bits per heavy atom. The minimum atomic E-state index is -1.05. The van der Waals surface area contributed by atoms with Crippen LogP contribution in [0.3, 0.4) is 0 Å². The fourth-order valence-corrected chi connectivity index (χ4v) is 2.05. The van der Waals surface area contributed by atoms with Gasteiger partial charge in [-0.05, 0) is 26.0 Å². The molecular weight excluding hydrogens is 246 g/mol. The second-order valence-corrected chi connectivity index (χ2v) is 4.18. The zero-order valence-electron chi connectivity index (χ0n) is 10.8. The number of ether oxygens (including phenoxy) is 1. The number of pyridine rings is 1. The fraction of sp³-hybridized carbons (Fsp3) is 0.286. The fourth-order valence-electron chi connectivity index (χ4n) is 2.05. The molecule has 0 fully saturated rings. The molecule has 0 saturated heterocycles. The molecule has 0 spiro atoms. The molecule has 1 unspecified atom stereocenters. The van der Waals surface area contributed by atoms with Gasteiger partial charge in [-0.2, -0.15) is 0 Å². The molecule has 1 aromatic carbocycles. The van der Waals surface area contributed by atoms with Crippen molar-refractivity contribution in [2.45, 2.75) is 19.9 Å². The summed E-state index contributed by atoms with van der Waals surface area (Å²) >= 11 is 0. The molecule has 0 radical (unpaired) electrons. The molecule has 2 rings (SSSR count). The molecular formula is C14H15NO4. The van der Waals surface area contributed by atoms with E-state index in [0.29, 0.717) is 17.9 Å². The van der Waals surface area contributed by atoms with Gasteiger partial charge < -0.3 is 9.84 Å². The first-order chi connectivity index (χ1) is 9.06. The van der Waals surface area contributed by atoms with Gasteiger partial charge in [0, 0.05) is 11.5 Å². The number of benzene rings is 1. The number of rotatable bonds is 4. The molecule has 0 aliphatic carbocycles. The number of nitrogens with zero attached hydrogens (tertiary/aromatic N) is 1. The van der Waals surface area contributed by atoms with E-state index < -0.39 is 12.0 Å². The highest BCUT2D eigenvalue weighted by atomic mass is 16.5. The highest BCUT2D eigenvalue weighted by Crippen LogP contribution is 2.26. The van der Waals surface area contributed by atoms with Crippen molar-refractivity contribution in [3.63, 3.8) is 0 Å². The van der Waals surface area contributed by atoms with Crippen LogP contribution < -0.4 is 10.3 Å². The maximum atomic E-state index is 12.0. The first-order valence-corrected chi connectivity index (χ1v) is 6.06. The molecule has 1 heterocycles. The second kappa shape index (κ2) is 5.14. The molecule has 0 amide bonds. The Balaban J connectivity index is 2.83. The molecule has 1 atom stereocenters. The normalized spacial score (nSPS) is 12.3. The van der Waals surface area contributed by atoms with Crippen molar-refractivity contribution in [1.82, 2.24) is 4.57 Å². The third kappa shape index (κ3) is 2.31. The summed E-state index contributed by atoms with van der Waals surface area (Å²) in [5, 5.41) is 9.92. The number of aromatic nitrogens is 1. The smallest absolute Gasteiger partial charge is 0.326 e. The largest absolute Gasteiger partial charge is 0.492 e. The maximum Gasteiger partial charge on any atom is 0.326 e. The first kappa shape index (κ1) is 13.1. The van der Waals surface area contributed by atoms with Gasteiger partial charge in [-0.1, -0.05) is 12.1 Å². The number of carboxylic acid groups (broad SMARTS) is 1. The van der Waals surface area contributed by atoms with Crippen molar-refractivity contribution in [3.05, 3.63) is 40.7 Å². The van der Waals surface area contributed by atoms with Crippen molar-refractivity contribution in [1.29, 1.82) is 0 Å². The molecule has 0 saturated carbocycles. The minimum Gasteiger partial charge on any atom is -0.492 e. The lowest BCUT2D eigenvalue weighted by atomic mass is 10.1. The third-order valence-corrected chi connectivity index (χ3v) is 2.96. The summed E-state index contributed by atoms with van der Waals surface area (Å²) in [6, 6.07) is 7.47. The van der Waals surface area contributed by atoms with Gasteiger partial charge >= 0.3 is 5.97 Å². The summed E-state index contributed by atoms with van der Waals surface area (Å²) in [4.78, 5) is 23.1. The molecule has 5 nitrogen and oxygen atoms in total. The van der Waals surface area contributed by atoms with Gasteiger partial charge in [-0.3, -0.25) is 9.36 Å². The van der Waals surface area contributed by atoms with E-state index in [9.17, 15) is 9.59 Å². The van der Waals surface area contributed by atoms with Crippen LogP contribution in [-0.2, 0) is 4.79 Å². The molecule has 0 bridgehead atoms. The number of hydrogen-bond acceptors (Lipinski definition) is 3. The van der Waals surface area contributed by atoms with Gasteiger partial charge in [0.1, 0.15) is 11.8 Å². The SMILES string of the molecule is CCOc1cccc2ccc(=O)n(C(C)C(=O)O)c12. The van der Waals surface area contributed by atoms with Crippen LogP contribution in [0.1, 0.15) is 19.9 Å². The van der Waals surface area contributed by atoms with Crippen LogP contribution in [0.4, 0.5) is 0 Å². The summed E-state index contributed by atoms with van der Waals surface area (Å²) in [5.41, 5.74) is 0.168. The van der Waals surface area contributed by atoms with E-state index in [4.69, 9.17) is 9.84 Å². The van der Waals surface area contributed by atoms with Crippen LogP contribution in [0.5, 0.6) is 5.75 Å². The van der Waals surface area contributed by atoms with E-state index in [0.717, 1.165) is 5.39 Å². The zero-order chi connectivity index (χ0) is 14.0. The number of aliphatic carboxylic acids is 1. The van der Waals surface area contributed by atoms with Crippen LogP contribution in [0.2, 0.25) is 0 Å². The van der Waals surface area contributed by atoms with Gasteiger partial charge in [0.2, 0.25) is 0 Å². The van der Waals surface area contributed by atoms with Gasteiger partial charge in [-0.15, -0.1) is 0 Å². The summed E-state index contributed by atoms with van der Waals surface area (Å²) < 4.78 is 6.74. The summed E-state index contributed by atoms with van der Waals surface area (Å²) in [6.07, 6.45) is 0. The Morgan fingerprint density at radius 3 is 2.74 bits per heavy atom. The van der Waals surface area contributed by atoms with E-state index in [1.165, 1.54) is 17.6 Å². The van der Waals surface area contributed by atoms with Crippen molar-refractivity contribution in [2.75, 3.05) is 6.61 Å². The number of para-hydroxylation sites is 1. The second-order valence-electron chi connectivity index (χ2n) is 4.18. The highest BCUT2D eigenvalue weighted by Gasteiger charge is 2.19. The predicted molar refractivity (Wildman–Crippen MR) is 71.7 cm³/mol. The lowest BCUT2D eigenvalue weighted by molar-refractivity contribution is -0.140. The lowest BCUT2D eigenvalue weighted by Crippen LogP contribution is -2.27. The number of carboxylic acids is 1. The molecule has 1 aromatic heterocycles. The van der Waals surface area contributed by atoms with Gasteiger partial charge in [0.05, 0.1) is 12.1 Å². The van der Waals surface area contributed by atoms with E-state index in [-0.39, 0.29) is 5.56 Å². The van der Waals surface area contributed by atoms with Crippen molar-refractivity contribution in [3.8, 4) is 5.75 Å². The van der Waals surface area contributed by atoms with Crippen LogP contribution in [-0.4, -0.2) is 22.2 Å². The summed E-state index contributed by atoms with van der Waals surface area (Å²) in [7, 11) is 0. The van der Waals surface area contributed by atoms with Crippen LogP contribution in [0, 0.1) is 0 Å². The molecule has 5 heteroatoms. The van der Waals surface area contributed by atoms with Crippen LogP contribution >= 0.6 is 0 Å². The minimum absolute atomic E-state index is 0.352. The molecule has 1 N–H and O–H groups in total. The molecule has 0 aliphatic rings. The van der Waals surface area contributed by atoms with Crippen LogP contribution in [0.15, 0.2) is 35.1 Å². The standard InChI is InChI=1S/C14H15NO4/c1-3-19-11-6-4-5-10-7-8-12(16)15(13(10)11)9(2)14(17)18/h4-9H,3H2,1-2H3,(H,17,18). The van der Waals surface area contributed by atoms with E-state index >= 15 is 0 Å². The highest BCUT2D eigenvalue weighted by molar-refractivity contribution is 5.86. The zero-order valence-corrected chi connectivity index (χ0v) is 10.8. The monoisotopic (exact) mass is 261 g/mol. The number of hydrogen-bond donors (Lipinski definition) is 1.